The maximum absolute atomic E-state index is 12.5. The first-order valence-corrected chi connectivity index (χ1v) is 10.00. The summed E-state index contributed by atoms with van der Waals surface area (Å²) in [7, 11) is 1.38. The van der Waals surface area contributed by atoms with E-state index in [-0.39, 0.29) is 29.9 Å². The summed E-state index contributed by atoms with van der Waals surface area (Å²) in [5, 5.41) is 13.6. The third-order valence-corrected chi connectivity index (χ3v) is 6.98. The lowest BCUT2D eigenvalue weighted by molar-refractivity contribution is -0.119. The van der Waals surface area contributed by atoms with Crippen LogP contribution in [-0.4, -0.2) is 35.2 Å². The van der Waals surface area contributed by atoms with Crippen molar-refractivity contribution in [1.82, 2.24) is 15.1 Å². The van der Waals surface area contributed by atoms with Crippen LogP contribution in [0.3, 0.4) is 0 Å². The van der Waals surface area contributed by atoms with E-state index >= 15 is 0 Å². The molecule has 0 aromatic carbocycles. The van der Waals surface area contributed by atoms with Gasteiger partial charge in [-0.05, 0) is 36.0 Å². The molecule has 0 aliphatic heterocycles. The molecule has 3 aliphatic rings. The maximum atomic E-state index is 12.5. The van der Waals surface area contributed by atoms with Crippen LogP contribution in [0.1, 0.15) is 40.0 Å². The zero-order valence-electron chi connectivity index (χ0n) is 16.7. The fourth-order valence-electron chi connectivity index (χ4n) is 4.70. The quantitative estimate of drug-likeness (QED) is 0.409. The van der Waals surface area contributed by atoms with Gasteiger partial charge in [0.15, 0.2) is 0 Å². The second-order valence-corrected chi connectivity index (χ2v) is 8.72. The minimum atomic E-state index is -0.404. The third kappa shape index (κ3) is 3.87. The van der Waals surface area contributed by atoms with E-state index in [0.717, 1.165) is 12.8 Å². The number of aromatic nitrogens is 2. The molecule has 3 saturated carbocycles. The van der Waals surface area contributed by atoms with Crippen LogP contribution < -0.4 is 16.2 Å². The minimum absolute atomic E-state index is 0.0733. The highest BCUT2D eigenvalue weighted by atomic mass is 35.5. The van der Waals surface area contributed by atoms with Crippen LogP contribution >= 0.6 is 11.6 Å². The molecule has 3 aliphatic carbocycles. The number of hydrogen-bond donors (Lipinski definition) is 2. The van der Waals surface area contributed by atoms with Crippen LogP contribution in [0.2, 0.25) is 5.02 Å². The largest absolute Gasteiger partial charge is 0.398 e. The molecule has 1 aromatic heterocycles. The molecule has 28 heavy (non-hydrogen) atoms. The van der Waals surface area contributed by atoms with Gasteiger partial charge >= 0.3 is 0 Å². The molecule has 154 valence electrons. The van der Waals surface area contributed by atoms with E-state index in [2.05, 4.69) is 46.5 Å². The number of halogens is 1. The van der Waals surface area contributed by atoms with Gasteiger partial charge in [-0.1, -0.05) is 37.5 Å². The summed E-state index contributed by atoms with van der Waals surface area (Å²) in [6, 6.07) is 0.289. The van der Waals surface area contributed by atoms with Gasteiger partial charge < -0.3 is 15.5 Å². The van der Waals surface area contributed by atoms with Gasteiger partial charge in [0, 0.05) is 12.5 Å². The molecule has 8 nitrogen and oxygen atoms in total. The Morgan fingerprint density at radius 3 is 2.89 bits per heavy atom. The van der Waals surface area contributed by atoms with E-state index in [1.54, 1.807) is 6.20 Å². The molecule has 1 amide bonds. The number of carbonyl (C=O) groups is 1. The summed E-state index contributed by atoms with van der Waals surface area (Å²) < 4.78 is 1.20. The monoisotopic (exact) mass is 409 g/mol. The fourth-order valence-corrected chi connectivity index (χ4v) is 4.90. The van der Waals surface area contributed by atoms with Gasteiger partial charge in [-0.3, -0.25) is 9.59 Å². The minimum Gasteiger partial charge on any atom is -0.398 e. The Bertz CT molecular complexity index is 822. The number of carbonyl (C=O) groups excluding carboxylic acids is 1. The number of hydrogen-bond acceptors (Lipinski definition) is 6. The van der Waals surface area contributed by atoms with Crippen LogP contribution in [0.5, 0.6) is 0 Å². The van der Waals surface area contributed by atoms with Gasteiger partial charge in [-0.15, -0.1) is 0 Å². The number of aryl methyl sites for hydroxylation is 1. The van der Waals surface area contributed by atoms with Gasteiger partial charge in [0.25, 0.3) is 5.56 Å². The van der Waals surface area contributed by atoms with E-state index in [9.17, 15) is 9.59 Å². The first-order chi connectivity index (χ1) is 13.3. The van der Waals surface area contributed by atoms with Crippen molar-refractivity contribution in [1.29, 1.82) is 0 Å². The smallest absolute Gasteiger partial charge is 0.287 e. The summed E-state index contributed by atoms with van der Waals surface area (Å²) in [6.07, 6.45) is 5.16. The first kappa shape index (κ1) is 20.6. The van der Waals surface area contributed by atoms with Crippen molar-refractivity contribution in [3.8, 4) is 0 Å². The average molecular weight is 410 g/mol. The van der Waals surface area contributed by atoms with E-state index in [0.29, 0.717) is 28.9 Å². The van der Waals surface area contributed by atoms with Crippen molar-refractivity contribution >= 4 is 29.5 Å². The summed E-state index contributed by atoms with van der Waals surface area (Å²) >= 11 is 6.31. The number of nitrogens with zero attached hydrogens (tertiary/aromatic N) is 3. The lowest BCUT2D eigenvalue weighted by Gasteiger charge is -2.62. The number of nitrogens with one attached hydrogen (secondary N) is 2. The molecule has 9 heteroatoms. The number of oxime groups is 1. The SMILES string of the molecule is CON=CNC(=O)CCn1ncc(N[C@@H]2C[C@@H]3C[C@H]([C@H]2C)C3(C)C)c(Cl)c1=O. The Kier molecular flexibility index (Phi) is 5.98. The Hall–Kier alpha value is -2.09. The van der Waals surface area contributed by atoms with Gasteiger partial charge in [-0.25, -0.2) is 4.68 Å². The predicted octanol–water partition coefficient (Wildman–Crippen LogP) is 2.48. The number of fused-ring (bicyclic) bond motifs is 2. The zero-order chi connectivity index (χ0) is 20.5. The maximum Gasteiger partial charge on any atom is 0.287 e. The number of rotatable bonds is 7. The molecule has 3 fully saturated rings. The van der Waals surface area contributed by atoms with Gasteiger partial charge in [-0.2, -0.15) is 5.10 Å². The van der Waals surface area contributed by atoms with E-state index in [4.69, 9.17) is 11.6 Å². The second kappa shape index (κ2) is 8.11. The zero-order valence-corrected chi connectivity index (χ0v) is 17.5. The molecule has 0 radical (unpaired) electrons. The van der Waals surface area contributed by atoms with Crippen molar-refractivity contribution in [2.24, 2.45) is 28.3 Å². The van der Waals surface area contributed by atoms with Crippen LogP contribution in [-0.2, 0) is 16.2 Å². The van der Waals surface area contributed by atoms with Gasteiger partial charge in [0.05, 0.1) is 18.4 Å². The molecule has 4 atom stereocenters. The molecule has 2 bridgehead atoms. The van der Waals surface area contributed by atoms with Crippen molar-refractivity contribution in [3.63, 3.8) is 0 Å². The summed E-state index contributed by atoms with van der Waals surface area (Å²) in [4.78, 5) is 28.7. The Morgan fingerprint density at radius 2 is 2.25 bits per heavy atom. The third-order valence-electron chi connectivity index (χ3n) is 6.61. The summed E-state index contributed by atoms with van der Waals surface area (Å²) in [6.45, 7) is 7.11. The molecular formula is C19H28ClN5O3. The summed E-state index contributed by atoms with van der Waals surface area (Å²) in [5.74, 6) is 1.61. The van der Waals surface area contributed by atoms with E-state index in [1.165, 1.54) is 18.2 Å². The van der Waals surface area contributed by atoms with Gasteiger partial charge in [0.1, 0.15) is 18.5 Å². The summed E-state index contributed by atoms with van der Waals surface area (Å²) in [5.41, 5.74) is 0.562. The normalized spacial score (nSPS) is 27.9. The topological polar surface area (TPSA) is 97.6 Å². The Balaban J connectivity index is 1.62. The van der Waals surface area contributed by atoms with Crippen LogP contribution in [0, 0.1) is 23.2 Å². The van der Waals surface area contributed by atoms with Gasteiger partial charge in [0.2, 0.25) is 5.91 Å². The van der Waals surface area contributed by atoms with Crippen molar-refractivity contribution in [2.75, 3.05) is 12.4 Å². The highest BCUT2D eigenvalue weighted by Crippen LogP contribution is 2.61. The molecule has 0 spiro atoms. The number of anilines is 1. The van der Waals surface area contributed by atoms with Crippen LogP contribution in [0.25, 0.3) is 0 Å². The molecule has 4 rings (SSSR count). The predicted molar refractivity (Wildman–Crippen MR) is 108 cm³/mol. The van der Waals surface area contributed by atoms with E-state index < -0.39 is 5.56 Å². The second-order valence-electron chi connectivity index (χ2n) is 8.34. The Morgan fingerprint density at radius 1 is 1.50 bits per heavy atom. The molecular weight excluding hydrogens is 382 g/mol. The molecule has 0 saturated heterocycles. The fraction of sp³-hybridized carbons (Fsp3) is 0.684. The van der Waals surface area contributed by atoms with Crippen molar-refractivity contribution < 1.29 is 9.63 Å². The highest BCUT2D eigenvalue weighted by molar-refractivity contribution is 6.32. The van der Waals surface area contributed by atoms with Crippen molar-refractivity contribution in [2.45, 2.75) is 52.6 Å². The lowest BCUT2D eigenvalue weighted by Crippen LogP contribution is -2.58. The van der Waals surface area contributed by atoms with Crippen LogP contribution in [0.15, 0.2) is 16.1 Å². The number of amides is 1. The lowest BCUT2D eigenvalue weighted by atomic mass is 9.45. The molecule has 2 N–H and O–H groups in total. The molecule has 0 unspecified atom stereocenters. The standard InChI is InChI=1S/C19H28ClN5O3/c1-11-13-7-12(19(13,2)3)8-14(11)24-15-9-22-25(18(27)17(15)20)6-5-16(26)21-10-23-28-4/h9-14,24H,5-8H2,1-4H3,(H,21,23,26)/t11-,12+,13-,14-/m1/s1. The van der Waals surface area contributed by atoms with Crippen LogP contribution in [0.4, 0.5) is 5.69 Å². The van der Waals surface area contributed by atoms with Crippen molar-refractivity contribution in [3.05, 3.63) is 21.6 Å². The molecule has 1 aromatic rings. The molecule has 1 heterocycles. The first-order valence-electron chi connectivity index (χ1n) is 9.62. The average Bonchev–Trinajstić information content (AvgIpc) is 2.66. The Labute approximate surface area is 169 Å². The highest BCUT2D eigenvalue weighted by Gasteiger charge is 2.56. The van der Waals surface area contributed by atoms with E-state index in [1.807, 2.05) is 0 Å².